The summed E-state index contributed by atoms with van der Waals surface area (Å²) in [5, 5.41) is 27.1. The third kappa shape index (κ3) is 4.30. The van der Waals surface area contributed by atoms with E-state index in [1.165, 1.54) is 25.6 Å². The third-order valence-corrected chi connectivity index (χ3v) is 4.93. The van der Waals surface area contributed by atoms with Crippen molar-refractivity contribution in [3.8, 4) is 10.9 Å². The van der Waals surface area contributed by atoms with E-state index >= 15 is 0 Å². The molecule has 0 fully saturated rings. The second kappa shape index (κ2) is 8.91. The Balaban J connectivity index is 1.57. The number of aliphatic hydroxyl groups is 1. The second-order valence-corrected chi connectivity index (χ2v) is 7.23. The van der Waals surface area contributed by atoms with Crippen molar-refractivity contribution >= 4 is 34.0 Å². The first kappa shape index (κ1) is 21.1. The predicted molar refractivity (Wildman–Crippen MR) is 112 cm³/mol. The first-order valence-corrected chi connectivity index (χ1v) is 9.87. The summed E-state index contributed by atoms with van der Waals surface area (Å²) in [6.07, 6.45) is 4.45. The maximum Gasteiger partial charge on any atom is 0.381 e. The Morgan fingerprint density at radius 1 is 1.31 bits per heavy atom. The molecule has 4 rings (SSSR count). The fourth-order valence-corrected chi connectivity index (χ4v) is 3.34. The quantitative estimate of drug-likeness (QED) is 0.366. The van der Waals surface area contributed by atoms with Crippen LogP contribution in [0.25, 0.3) is 5.13 Å². The summed E-state index contributed by atoms with van der Waals surface area (Å²) in [5.41, 5.74) is 0.609. The van der Waals surface area contributed by atoms with Crippen molar-refractivity contribution in [2.24, 2.45) is 0 Å². The van der Waals surface area contributed by atoms with Gasteiger partial charge < -0.3 is 19.6 Å². The summed E-state index contributed by atoms with van der Waals surface area (Å²) in [5.74, 6) is -1.05. The SMILES string of the molecule is COc1c(Nc2ncc(CO)cn2)cc(C(=O)Nc2nnc(-n3nccc3C)s2)oc1=O. The number of aliphatic hydroxyl groups excluding tert-OH is 1. The number of ether oxygens (including phenoxy) is 1. The van der Waals surface area contributed by atoms with Crippen LogP contribution in [0.5, 0.6) is 5.75 Å². The summed E-state index contributed by atoms with van der Waals surface area (Å²) < 4.78 is 11.7. The van der Waals surface area contributed by atoms with Crippen LogP contribution in [-0.4, -0.2) is 48.1 Å². The molecule has 164 valence electrons. The van der Waals surface area contributed by atoms with E-state index in [9.17, 15) is 9.59 Å². The Bertz CT molecular complexity index is 1310. The molecule has 0 unspecified atom stereocenters. The van der Waals surface area contributed by atoms with Crippen molar-refractivity contribution in [3.05, 3.63) is 58.2 Å². The van der Waals surface area contributed by atoms with E-state index in [0.29, 0.717) is 10.7 Å². The van der Waals surface area contributed by atoms with Crippen LogP contribution in [0.4, 0.5) is 16.8 Å². The van der Waals surface area contributed by atoms with Crippen molar-refractivity contribution in [1.82, 2.24) is 29.9 Å². The van der Waals surface area contributed by atoms with Gasteiger partial charge in [-0.2, -0.15) is 5.10 Å². The Morgan fingerprint density at radius 2 is 2.09 bits per heavy atom. The molecule has 0 saturated heterocycles. The fourth-order valence-electron chi connectivity index (χ4n) is 2.58. The van der Waals surface area contributed by atoms with Gasteiger partial charge in [-0.25, -0.2) is 19.4 Å². The van der Waals surface area contributed by atoms with Crippen molar-refractivity contribution in [3.63, 3.8) is 0 Å². The molecule has 0 aromatic carbocycles. The topological polar surface area (TPSA) is 170 Å². The van der Waals surface area contributed by atoms with Gasteiger partial charge in [-0.3, -0.25) is 10.1 Å². The van der Waals surface area contributed by atoms with E-state index < -0.39 is 11.5 Å². The minimum Gasteiger partial charge on any atom is -0.488 e. The van der Waals surface area contributed by atoms with Crippen LogP contribution < -0.4 is 21.0 Å². The van der Waals surface area contributed by atoms with Crippen molar-refractivity contribution in [2.75, 3.05) is 17.7 Å². The van der Waals surface area contributed by atoms with Crippen LogP contribution in [-0.2, 0) is 6.61 Å². The van der Waals surface area contributed by atoms with Gasteiger partial charge in [-0.05, 0) is 13.0 Å². The number of amides is 1. The molecule has 4 aromatic heterocycles. The van der Waals surface area contributed by atoms with E-state index in [0.717, 1.165) is 17.0 Å². The third-order valence-electron chi connectivity index (χ3n) is 4.12. The number of carbonyl (C=O) groups is 1. The zero-order valence-electron chi connectivity index (χ0n) is 16.8. The molecule has 1 amide bonds. The number of methoxy groups -OCH3 is 1. The number of hydrogen-bond donors (Lipinski definition) is 3. The average Bonchev–Trinajstić information content (AvgIpc) is 3.42. The molecule has 0 radical (unpaired) electrons. The highest BCUT2D eigenvalue weighted by molar-refractivity contribution is 7.17. The highest BCUT2D eigenvalue weighted by Gasteiger charge is 2.20. The lowest BCUT2D eigenvalue weighted by Crippen LogP contribution is -2.17. The standard InChI is InChI=1S/C18H16N8O5S/c1-9-3-4-21-26(9)18-25-24-17(32-18)23-14(28)12-5-11(13(30-2)15(29)31-12)22-16-19-6-10(8-27)7-20-16/h3-7,27H,8H2,1-2H3,(H,19,20,22)(H,23,24,28). The van der Waals surface area contributed by atoms with Gasteiger partial charge in [0.05, 0.1) is 19.4 Å². The van der Waals surface area contributed by atoms with Crippen molar-refractivity contribution in [1.29, 1.82) is 0 Å². The molecule has 0 aliphatic carbocycles. The maximum absolute atomic E-state index is 12.7. The Labute approximate surface area is 183 Å². The van der Waals surface area contributed by atoms with Gasteiger partial charge in [-0.15, -0.1) is 10.2 Å². The van der Waals surface area contributed by atoms with Gasteiger partial charge in [0.25, 0.3) is 5.91 Å². The van der Waals surface area contributed by atoms with Crippen LogP contribution >= 0.6 is 11.3 Å². The van der Waals surface area contributed by atoms with Crippen LogP contribution in [0.2, 0.25) is 0 Å². The molecule has 3 N–H and O–H groups in total. The predicted octanol–water partition coefficient (Wildman–Crippen LogP) is 1.27. The summed E-state index contributed by atoms with van der Waals surface area (Å²) in [6.45, 7) is 1.64. The molecule has 13 nitrogen and oxygen atoms in total. The summed E-state index contributed by atoms with van der Waals surface area (Å²) in [6, 6.07) is 3.08. The number of carbonyl (C=O) groups excluding carboxylic acids is 1. The zero-order chi connectivity index (χ0) is 22.7. The van der Waals surface area contributed by atoms with Gasteiger partial charge >= 0.3 is 5.63 Å². The molecular formula is C18H16N8O5S. The molecule has 0 aliphatic heterocycles. The van der Waals surface area contributed by atoms with Gasteiger partial charge in [-0.1, -0.05) is 11.3 Å². The van der Waals surface area contributed by atoms with E-state index in [1.54, 1.807) is 16.9 Å². The van der Waals surface area contributed by atoms with E-state index in [-0.39, 0.29) is 34.9 Å². The first-order valence-electron chi connectivity index (χ1n) is 9.05. The van der Waals surface area contributed by atoms with E-state index in [4.69, 9.17) is 14.3 Å². The fraction of sp³-hybridized carbons (Fsp3) is 0.167. The number of rotatable bonds is 7. The molecule has 14 heteroatoms. The van der Waals surface area contributed by atoms with Crippen molar-refractivity contribution < 1.29 is 19.1 Å². The number of aromatic nitrogens is 6. The van der Waals surface area contributed by atoms with Crippen LogP contribution in [0.3, 0.4) is 0 Å². The monoisotopic (exact) mass is 456 g/mol. The van der Waals surface area contributed by atoms with E-state index in [1.807, 2.05) is 6.92 Å². The van der Waals surface area contributed by atoms with E-state index in [2.05, 4.69) is 35.9 Å². The summed E-state index contributed by atoms with van der Waals surface area (Å²) >= 11 is 1.10. The zero-order valence-corrected chi connectivity index (χ0v) is 17.6. The number of nitrogens with one attached hydrogen (secondary N) is 2. The lowest BCUT2D eigenvalue weighted by atomic mass is 10.3. The molecule has 0 spiro atoms. The number of hydrogen-bond acceptors (Lipinski definition) is 12. The number of anilines is 3. The van der Waals surface area contributed by atoms with Gasteiger partial charge in [0.1, 0.15) is 0 Å². The van der Waals surface area contributed by atoms with Crippen LogP contribution in [0, 0.1) is 6.92 Å². The number of nitrogens with zero attached hydrogens (tertiary/aromatic N) is 6. The normalized spacial score (nSPS) is 10.7. The lowest BCUT2D eigenvalue weighted by Gasteiger charge is -2.10. The van der Waals surface area contributed by atoms with Gasteiger partial charge in [0.15, 0.2) is 5.76 Å². The minimum absolute atomic E-state index is 0.121. The largest absolute Gasteiger partial charge is 0.488 e. The molecule has 0 aliphatic rings. The Morgan fingerprint density at radius 3 is 2.75 bits per heavy atom. The minimum atomic E-state index is -0.875. The van der Waals surface area contributed by atoms with Crippen LogP contribution in [0.15, 0.2) is 39.9 Å². The van der Waals surface area contributed by atoms with Gasteiger partial charge in [0, 0.05) is 35.9 Å². The Hall–Kier alpha value is -4.17. The Kier molecular flexibility index (Phi) is 5.87. The van der Waals surface area contributed by atoms with Crippen molar-refractivity contribution in [2.45, 2.75) is 13.5 Å². The highest BCUT2D eigenvalue weighted by atomic mass is 32.1. The first-order chi connectivity index (χ1) is 15.5. The highest BCUT2D eigenvalue weighted by Crippen LogP contribution is 2.25. The average molecular weight is 456 g/mol. The summed E-state index contributed by atoms with van der Waals surface area (Å²) in [7, 11) is 1.28. The molecular weight excluding hydrogens is 440 g/mol. The second-order valence-electron chi connectivity index (χ2n) is 6.27. The molecule has 4 heterocycles. The molecule has 4 aromatic rings. The summed E-state index contributed by atoms with van der Waals surface area (Å²) in [4.78, 5) is 33.0. The lowest BCUT2D eigenvalue weighted by molar-refractivity contribution is 0.0991. The smallest absolute Gasteiger partial charge is 0.381 e. The molecule has 0 saturated carbocycles. The van der Waals surface area contributed by atoms with Gasteiger partial charge in [0.2, 0.25) is 22.0 Å². The molecule has 32 heavy (non-hydrogen) atoms. The maximum atomic E-state index is 12.7. The van der Waals surface area contributed by atoms with Crippen LogP contribution in [0.1, 0.15) is 21.8 Å². The molecule has 0 bridgehead atoms. The molecule has 0 atom stereocenters. The number of aryl methyl sites for hydroxylation is 1.